The number of hydrogen-bond acceptors (Lipinski definition) is 4. The Morgan fingerprint density at radius 1 is 1.21 bits per heavy atom. The third kappa shape index (κ3) is 4.00. The number of aliphatic hydroxyl groups excluding tert-OH is 1. The minimum absolute atomic E-state index is 0. The fourth-order valence-corrected chi connectivity index (χ4v) is 1.97. The molecule has 1 aromatic carbocycles. The van der Waals surface area contributed by atoms with Gasteiger partial charge in [-0.2, -0.15) is 0 Å². The topological polar surface area (TPSA) is 64.7 Å². The number of ether oxygens (including phenoxy) is 2. The van der Waals surface area contributed by atoms with Crippen LogP contribution in [0.25, 0.3) is 0 Å². The predicted octanol–water partition coefficient (Wildman–Crippen LogP) is 2.53. The van der Waals surface area contributed by atoms with Gasteiger partial charge in [0.25, 0.3) is 0 Å². The van der Waals surface area contributed by atoms with Gasteiger partial charge in [0.05, 0.1) is 31.9 Å². The van der Waals surface area contributed by atoms with Crippen molar-refractivity contribution in [3.63, 3.8) is 0 Å². The summed E-state index contributed by atoms with van der Waals surface area (Å²) in [7, 11) is 3.17. The van der Waals surface area contributed by atoms with E-state index >= 15 is 0 Å². The minimum Gasteiger partial charge on any atom is -0.496 e. The van der Waals surface area contributed by atoms with Crippen molar-refractivity contribution < 1.29 is 14.6 Å². The molecular weight excluding hydrogens is 266 g/mol. The highest BCUT2D eigenvalue weighted by Crippen LogP contribution is 2.36. The van der Waals surface area contributed by atoms with Crippen LogP contribution in [-0.2, 0) is 0 Å². The lowest BCUT2D eigenvalue weighted by Gasteiger charge is -2.26. The molecule has 0 saturated heterocycles. The van der Waals surface area contributed by atoms with Crippen LogP contribution in [0, 0.1) is 5.92 Å². The Labute approximate surface area is 121 Å². The van der Waals surface area contributed by atoms with Gasteiger partial charge in [-0.05, 0) is 18.1 Å². The van der Waals surface area contributed by atoms with Crippen LogP contribution in [0.5, 0.6) is 11.5 Å². The summed E-state index contributed by atoms with van der Waals surface area (Å²) in [6, 6.07) is 4.96. The lowest BCUT2D eigenvalue weighted by atomic mass is 9.90. The van der Waals surface area contributed by atoms with Crippen LogP contribution in [0.2, 0.25) is 0 Å². The van der Waals surface area contributed by atoms with Crippen molar-refractivity contribution in [3.8, 4) is 11.5 Å². The summed E-state index contributed by atoms with van der Waals surface area (Å²) in [6.45, 7) is 4.01. The molecule has 3 atom stereocenters. The zero-order valence-electron chi connectivity index (χ0n) is 11.9. The highest BCUT2D eigenvalue weighted by atomic mass is 35.5. The van der Waals surface area contributed by atoms with E-state index in [-0.39, 0.29) is 18.3 Å². The van der Waals surface area contributed by atoms with Gasteiger partial charge in [-0.15, -0.1) is 12.4 Å². The monoisotopic (exact) mass is 289 g/mol. The number of rotatable bonds is 6. The molecule has 0 heterocycles. The molecule has 0 aliphatic heterocycles. The van der Waals surface area contributed by atoms with E-state index in [1.165, 1.54) is 0 Å². The fourth-order valence-electron chi connectivity index (χ4n) is 1.97. The standard InChI is InChI=1S/C14H23NO3.ClH/c1-5-9(2)14(16)13(15)12-10(17-3)7-6-8-11(12)18-4;/h6-9,13-14,16H,5,15H2,1-4H3;1H/t9?,13-,14+;/m1./s1. The van der Waals surface area contributed by atoms with E-state index in [2.05, 4.69) is 0 Å². The number of aliphatic hydroxyl groups is 1. The van der Waals surface area contributed by atoms with Crippen LogP contribution in [-0.4, -0.2) is 25.4 Å². The van der Waals surface area contributed by atoms with Gasteiger partial charge in [0.1, 0.15) is 11.5 Å². The Kier molecular flexibility index (Phi) is 7.83. The molecule has 0 aromatic heterocycles. The van der Waals surface area contributed by atoms with Crippen molar-refractivity contribution in [2.45, 2.75) is 32.4 Å². The van der Waals surface area contributed by atoms with Crippen molar-refractivity contribution in [2.75, 3.05) is 14.2 Å². The van der Waals surface area contributed by atoms with E-state index in [0.29, 0.717) is 11.5 Å². The molecule has 0 aliphatic rings. The molecule has 1 aromatic rings. The quantitative estimate of drug-likeness (QED) is 0.845. The largest absolute Gasteiger partial charge is 0.496 e. The normalized spacial score (nSPS) is 15.1. The summed E-state index contributed by atoms with van der Waals surface area (Å²) >= 11 is 0. The number of hydrogen-bond donors (Lipinski definition) is 2. The first-order valence-corrected chi connectivity index (χ1v) is 6.21. The Bertz CT molecular complexity index is 365. The van der Waals surface area contributed by atoms with E-state index in [1.54, 1.807) is 14.2 Å². The Hall–Kier alpha value is -0.970. The van der Waals surface area contributed by atoms with Crippen LogP contribution < -0.4 is 15.2 Å². The summed E-state index contributed by atoms with van der Waals surface area (Å²) in [5, 5.41) is 10.2. The zero-order chi connectivity index (χ0) is 13.7. The van der Waals surface area contributed by atoms with E-state index < -0.39 is 12.1 Å². The second-order valence-corrected chi connectivity index (χ2v) is 4.48. The zero-order valence-corrected chi connectivity index (χ0v) is 12.7. The van der Waals surface area contributed by atoms with Crippen LogP contribution in [0.3, 0.4) is 0 Å². The van der Waals surface area contributed by atoms with Gasteiger partial charge in [0, 0.05) is 0 Å². The van der Waals surface area contributed by atoms with Crippen LogP contribution in [0.4, 0.5) is 0 Å². The summed E-state index contributed by atoms with van der Waals surface area (Å²) in [4.78, 5) is 0. The molecule has 3 N–H and O–H groups in total. The number of nitrogens with two attached hydrogens (primary N) is 1. The second-order valence-electron chi connectivity index (χ2n) is 4.48. The van der Waals surface area contributed by atoms with Crippen molar-refractivity contribution in [3.05, 3.63) is 23.8 Å². The maximum absolute atomic E-state index is 10.2. The van der Waals surface area contributed by atoms with Crippen molar-refractivity contribution in [1.29, 1.82) is 0 Å². The first-order chi connectivity index (χ1) is 8.56. The summed E-state index contributed by atoms with van der Waals surface area (Å²) in [6.07, 6.45) is 0.243. The second kappa shape index (κ2) is 8.25. The Balaban J connectivity index is 0.00000324. The van der Waals surface area contributed by atoms with Crippen molar-refractivity contribution in [1.82, 2.24) is 0 Å². The smallest absolute Gasteiger partial charge is 0.127 e. The third-order valence-corrected chi connectivity index (χ3v) is 3.39. The molecule has 110 valence electrons. The third-order valence-electron chi connectivity index (χ3n) is 3.39. The molecule has 19 heavy (non-hydrogen) atoms. The van der Waals surface area contributed by atoms with Crippen LogP contribution >= 0.6 is 12.4 Å². The van der Waals surface area contributed by atoms with Gasteiger partial charge >= 0.3 is 0 Å². The first kappa shape index (κ1) is 18.0. The molecule has 0 amide bonds. The van der Waals surface area contributed by atoms with Gasteiger partial charge in [-0.1, -0.05) is 26.3 Å². The highest BCUT2D eigenvalue weighted by molar-refractivity contribution is 5.85. The predicted molar refractivity (Wildman–Crippen MR) is 79.2 cm³/mol. The molecule has 0 radical (unpaired) electrons. The average Bonchev–Trinajstić information content (AvgIpc) is 2.43. The Morgan fingerprint density at radius 3 is 2.05 bits per heavy atom. The summed E-state index contributed by atoms with van der Waals surface area (Å²) < 4.78 is 10.6. The summed E-state index contributed by atoms with van der Waals surface area (Å²) in [5.74, 6) is 1.41. The molecule has 5 heteroatoms. The lowest BCUT2D eigenvalue weighted by molar-refractivity contribution is 0.0861. The summed E-state index contributed by atoms with van der Waals surface area (Å²) in [5.41, 5.74) is 6.88. The van der Waals surface area contributed by atoms with E-state index in [0.717, 1.165) is 12.0 Å². The number of halogens is 1. The minimum atomic E-state index is -0.625. The molecule has 0 spiro atoms. The van der Waals surface area contributed by atoms with Gasteiger partial charge in [-0.3, -0.25) is 0 Å². The van der Waals surface area contributed by atoms with Gasteiger partial charge in [-0.25, -0.2) is 0 Å². The van der Waals surface area contributed by atoms with Crippen LogP contribution in [0.1, 0.15) is 31.9 Å². The molecule has 1 rings (SSSR count). The number of methoxy groups -OCH3 is 2. The number of benzene rings is 1. The molecule has 0 fully saturated rings. The van der Waals surface area contributed by atoms with Crippen molar-refractivity contribution in [2.24, 2.45) is 11.7 Å². The maximum atomic E-state index is 10.2. The molecule has 0 saturated carbocycles. The molecule has 1 unspecified atom stereocenters. The van der Waals surface area contributed by atoms with E-state index in [1.807, 2.05) is 32.0 Å². The van der Waals surface area contributed by atoms with Crippen molar-refractivity contribution >= 4 is 12.4 Å². The average molecular weight is 290 g/mol. The van der Waals surface area contributed by atoms with E-state index in [4.69, 9.17) is 15.2 Å². The highest BCUT2D eigenvalue weighted by Gasteiger charge is 2.27. The van der Waals surface area contributed by atoms with Gasteiger partial charge in [0.15, 0.2) is 0 Å². The SMILES string of the molecule is CCC(C)[C@H](O)[C@H](N)c1c(OC)cccc1OC.Cl. The van der Waals surface area contributed by atoms with Gasteiger partial charge in [0.2, 0.25) is 0 Å². The fraction of sp³-hybridized carbons (Fsp3) is 0.571. The molecule has 0 bridgehead atoms. The van der Waals surface area contributed by atoms with Crippen LogP contribution in [0.15, 0.2) is 18.2 Å². The first-order valence-electron chi connectivity index (χ1n) is 6.21. The van der Waals surface area contributed by atoms with Gasteiger partial charge < -0.3 is 20.3 Å². The molecule has 0 aliphatic carbocycles. The maximum Gasteiger partial charge on any atom is 0.127 e. The lowest BCUT2D eigenvalue weighted by Crippen LogP contribution is -2.32. The molecule has 4 nitrogen and oxygen atoms in total. The molecular formula is C14H24ClNO3. The van der Waals surface area contributed by atoms with E-state index in [9.17, 15) is 5.11 Å². The Morgan fingerprint density at radius 2 is 1.68 bits per heavy atom.